The maximum absolute atomic E-state index is 6.21. The summed E-state index contributed by atoms with van der Waals surface area (Å²) in [5, 5.41) is 6.08. The predicted octanol–water partition coefficient (Wildman–Crippen LogP) is 6.06. The Kier molecular flexibility index (Phi) is 4.51. The maximum atomic E-state index is 6.21. The zero-order valence-corrected chi connectivity index (χ0v) is 13.9. The van der Waals surface area contributed by atoms with Gasteiger partial charge in [-0.05, 0) is 34.9 Å². The van der Waals surface area contributed by atoms with E-state index in [1.807, 2.05) is 6.07 Å². The van der Waals surface area contributed by atoms with Crippen LogP contribution in [0.4, 0.5) is 0 Å². The Balaban J connectivity index is 1.79. The van der Waals surface area contributed by atoms with Gasteiger partial charge < -0.3 is 5.32 Å². The third-order valence-corrected chi connectivity index (χ3v) is 5.15. The van der Waals surface area contributed by atoms with Crippen LogP contribution in [0.5, 0.6) is 0 Å². The summed E-state index contributed by atoms with van der Waals surface area (Å²) < 4.78 is 1.49. The van der Waals surface area contributed by atoms with E-state index in [0.29, 0.717) is 0 Å². The molecule has 0 radical (unpaired) electrons. The second-order valence-electron chi connectivity index (χ2n) is 5.02. The van der Waals surface area contributed by atoms with Crippen molar-refractivity contribution >= 4 is 45.3 Å². The van der Waals surface area contributed by atoms with Crippen LogP contribution >= 0.6 is 34.5 Å². The summed E-state index contributed by atoms with van der Waals surface area (Å²) in [5.41, 5.74) is 2.35. The molecule has 0 amide bonds. The molecule has 0 saturated heterocycles. The third kappa shape index (κ3) is 3.24. The number of hydrogen-bond donors (Lipinski definition) is 1. The van der Waals surface area contributed by atoms with Crippen molar-refractivity contribution in [3.8, 4) is 0 Å². The molecular weight excluding hydrogens is 321 g/mol. The topological polar surface area (TPSA) is 12.0 Å². The summed E-state index contributed by atoms with van der Waals surface area (Å²) in [4.78, 5) is 0. The number of fused-ring (bicyclic) bond motifs is 1. The van der Waals surface area contributed by atoms with Crippen LogP contribution in [0.3, 0.4) is 0 Å². The largest absolute Gasteiger partial charge is 0.306 e. The van der Waals surface area contributed by atoms with E-state index in [1.165, 1.54) is 27.7 Å². The summed E-state index contributed by atoms with van der Waals surface area (Å²) in [7, 11) is 0. The molecule has 1 nitrogen and oxygen atoms in total. The number of benzene rings is 2. The van der Waals surface area contributed by atoms with Crippen molar-refractivity contribution in [3.63, 3.8) is 0 Å². The molecule has 0 spiro atoms. The lowest BCUT2D eigenvalue weighted by Crippen LogP contribution is -2.18. The standard InChI is InChI=1S/C17H15Cl2NS/c1-11(15-9-16(18)21-17(15)19)20-10-13-7-4-6-12-5-2-3-8-14(12)13/h2-9,11,20H,10H2,1H3. The minimum atomic E-state index is 0.167. The quantitative estimate of drug-likeness (QED) is 0.611. The highest BCUT2D eigenvalue weighted by Crippen LogP contribution is 2.35. The molecule has 0 bridgehead atoms. The van der Waals surface area contributed by atoms with Crippen molar-refractivity contribution in [1.82, 2.24) is 5.32 Å². The van der Waals surface area contributed by atoms with Crippen LogP contribution in [0.25, 0.3) is 10.8 Å². The van der Waals surface area contributed by atoms with E-state index in [9.17, 15) is 0 Å². The molecule has 1 heterocycles. The molecule has 21 heavy (non-hydrogen) atoms. The molecule has 0 aliphatic rings. The molecule has 1 atom stereocenters. The second kappa shape index (κ2) is 6.37. The summed E-state index contributed by atoms with van der Waals surface area (Å²) in [5.74, 6) is 0. The molecule has 3 aromatic rings. The van der Waals surface area contributed by atoms with Gasteiger partial charge in [0.05, 0.1) is 8.67 Å². The van der Waals surface area contributed by atoms with Crippen LogP contribution < -0.4 is 5.32 Å². The van der Waals surface area contributed by atoms with E-state index in [0.717, 1.165) is 20.8 Å². The van der Waals surface area contributed by atoms with E-state index in [2.05, 4.69) is 54.7 Å². The highest BCUT2D eigenvalue weighted by Gasteiger charge is 2.13. The highest BCUT2D eigenvalue weighted by atomic mass is 35.5. The fourth-order valence-electron chi connectivity index (χ4n) is 2.47. The number of halogens is 2. The number of nitrogens with one attached hydrogen (secondary N) is 1. The van der Waals surface area contributed by atoms with E-state index in [-0.39, 0.29) is 6.04 Å². The van der Waals surface area contributed by atoms with Crippen molar-refractivity contribution < 1.29 is 0 Å². The Morgan fingerprint density at radius 3 is 2.62 bits per heavy atom. The normalized spacial score (nSPS) is 12.7. The lowest BCUT2D eigenvalue weighted by molar-refractivity contribution is 0.578. The van der Waals surface area contributed by atoms with Crippen molar-refractivity contribution in [2.75, 3.05) is 0 Å². The molecule has 0 fully saturated rings. The van der Waals surface area contributed by atoms with Gasteiger partial charge in [0, 0.05) is 12.6 Å². The average Bonchev–Trinajstić information content (AvgIpc) is 2.83. The third-order valence-electron chi connectivity index (χ3n) is 3.63. The van der Waals surface area contributed by atoms with Gasteiger partial charge in [0.1, 0.15) is 0 Å². The number of thiophene rings is 1. The molecular formula is C17H15Cl2NS. The van der Waals surface area contributed by atoms with Crippen molar-refractivity contribution in [1.29, 1.82) is 0 Å². The highest BCUT2D eigenvalue weighted by molar-refractivity contribution is 7.20. The summed E-state index contributed by atoms with van der Waals surface area (Å²) >= 11 is 13.6. The van der Waals surface area contributed by atoms with E-state index < -0.39 is 0 Å². The van der Waals surface area contributed by atoms with Crippen LogP contribution in [-0.4, -0.2) is 0 Å². The number of hydrogen-bond acceptors (Lipinski definition) is 2. The first-order valence-electron chi connectivity index (χ1n) is 6.80. The van der Waals surface area contributed by atoms with E-state index in [4.69, 9.17) is 23.2 Å². The molecule has 2 aromatic carbocycles. The molecule has 0 aliphatic heterocycles. The molecule has 1 unspecified atom stereocenters. The van der Waals surface area contributed by atoms with E-state index in [1.54, 1.807) is 0 Å². The molecule has 0 saturated carbocycles. The smallest absolute Gasteiger partial charge is 0.0991 e. The minimum absolute atomic E-state index is 0.167. The molecule has 4 heteroatoms. The SMILES string of the molecule is CC(NCc1cccc2ccccc12)c1cc(Cl)sc1Cl. The van der Waals surface area contributed by atoms with Crippen molar-refractivity contribution in [2.24, 2.45) is 0 Å². The predicted molar refractivity (Wildman–Crippen MR) is 93.5 cm³/mol. The van der Waals surface area contributed by atoms with E-state index >= 15 is 0 Å². The first-order chi connectivity index (χ1) is 10.1. The van der Waals surface area contributed by atoms with Crippen LogP contribution in [0.15, 0.2) is 48.5 Å². The Morgan fingerprint density at radius 1 is 1.10 bits per heavy atom. The molecule has 3 rings (SSSR count). The van der Waals surface area contributed by atoms with Crippen LogP contribution in [-0.2, 0) is 6.54 Å². The zero-order valence-electron chi connectivity index (χ0n) is 11.6. The monoisotopic (exact) mass is 335 g/mol. The van der Waals surface area contributed by atoms with Gasteiger partial charge in [-0.2, -0.15) is 0 Å². The van der Waals surface area contributed by atoms with Crippen LogP contribution in [0.2, 0.25) is 8.67 Å². The van der Waals surface area contributed by atoms with Crippen LogP contribution in [0.1, 0.15) is 24.1 Å². The van der Waals surface area contributed by atoms with Gasteiger partial charge in [-0.15, -0.1) is 11.3 Å². The van der Waals surface area contributed by atoms with Gasteiger partial charge in [-0.25, -0.2) is 0 Å². The Hall–Kier alpha value is -1.06. The second-order valence-corrected chi connectivity index (χ2v) is 7.31. The fraction of sp³-hybridized carbons (Fsp3) is 0.176. The summed E-state index contributed by atoms with van der Waals surface area (Å²) in [6.07, 6.45) is 0. The molecule has 108 valence electrons. The maximum Gasteiger partial charge on any atom is 0.0991 e. The molecule has 1 N–H and O–H groups in total. The Morgan fingerprint density at radius 2 is 1.86 bits per heavy atom. The van der Waals surface area contributed by atoms with Crippen molar-refractivity contribution in [2.45, 2.75) is 19.5 Å². The lowest BCUT2D eigenvalue weighted by Gasteiger charge is -2.14. The first-order valence-corrected chi connectivity index (χ1v) is 8.37. The zero-order chi connectivity index (χ0) is 14.8. The summed E-state index contributed by atoms with van der Waals surface area (Å²) in [6, 6.07) is 16.9. The van der Waals surface area contributed by atoms with Gasteiger partial charge in [0.25, 0.3) is 0 Å². The Labute approximate surface area is 138 Å². The van der Waals surface area contributed by atoms with Crippen LogP contribution in [0, 0.1) is 0 Å². The van der Waals surface area contributed by atoms with Gasteiger partial charge in [-0.3, -0.25) is 0 Å². The molecule has 0 aliphatic carbocycles. The fourth-order valence-corrected chi connectivity index (χ4v) is 4.11. The molecule has 1 aromatic heterocycles. The van der Waals surface area contributed by atoms with Gasteiger partial charge in [0.15, 0.2) is 0 Å². The summed E-state index contributed by atoms with van der Waals surface area (Å²) in [6.45, 7) is 2.90. The van der Waals surface area contributed by atoms with Gasteiger partial charge >= 0.3 is 0 Å². The van der Waals surface area contributed by atoms with Gasteiger partial charge in [0.2, 0.25) is 0 Å². The van der Waals surface area contributed by atoms with Crippen molar-refractivity contribution in [3.05, 3.63) is 68.3 Å². The first kappa shape index (κ1) is 14.9. The lowest BCUT2D eigenvalue weighted by atomic mass is 10.0. The minimum Gasteiger partial charge on any atom is -0.306 e. The number of rotatable bonds is 4. The van der Waals surface area contributed by atoms with Gasteiger partial charge in [-0.1, -0.05) is 65.7 Å². The average molecular weight is 336 g/mol. The Bertz CT molecular complexity index is 761.